The monoisotopic (exact) mass is 387 g/mol. The van der Waals surface area contributed by atoms with Gasteiger partial charge in [0.1, 0.15) is 23.4 Å². The van der Waals surface area contributed by atoms with Crippen molar-refractivity contribution in [2.45, 2.75) is 37.8 Å². The summed E-state index contributed by atoms with van der Waals surface area (Å²) in [6.07, 6.45) is 3.03. The van der Waals surface area contributed by atoms with E-state index in [1.54, 1.807) is 24.9 Å². The van der Waals surface area contributed by atoms with E-state index in [-0.39, 0.29) is 12.0 Å². The number of nitrogens with one attached hydrogen (secondary N) is 1. The van der Waals surface area contributed by atoms with Crippen LogP contribution >= 0.6 is 11.8 Å². The van der Waals surface area contributed by atoms with Crippen molar-refractivity contribution in [3.8, 4) is 17.2 Å². The first kappa shape index (κ1) is 19.4. The van der Waals surface area contributed by atoms with Gasteiger partial charge < -0.3 is 19.5 Å². The zero-order chi connectivity index (χ0) is 19.4. The Labute approximate surface area is 164 Å². The second kappa shape index (κ2) is 8.57. The number of thioether (sulfide) groups is 1. The third-order valence-electron chi connectivity index (χ3n) is 4.47. The highest BCUT2D eigenvalue weighted by Crippen LogP contribution is 2.35. The molecule has 6 heteroatoms. The zero-order valence-corrected chi connectivity index (χ0v) is 16.9. The molecule has 27 heavy (non-hydrogen) atoms. The molecular formula is C21H25NO4S. The maximum absolute atomic E-state index is 12.7. The Balaban J connectivity index is 1.78. The molecule has 5 nitrogen and oxygen atoms in total. The first-order chi connectivity index (χ1) is 13.0. The summed E-state index contributed by atoms with van der Waals surface area (Å²) >= 11 is 1.61. The maximum Gasteiger partial charge on any atom is 0.255 e. The third-order valence-corrected chi connectivity index (χ3v) is 5.20. The summed E-state index contributed by atoms with van der Waals surface area (Å²) in [5.74, 6) is 2.04. The molecule has 0 saturated heterocycles. The minimum absolute atomic E-state index is 0.165. The van der Waals surface area contributed by atoms with Gasteiger partial charge in [0.25, 0.3) is 5.91 Å². The van der Waals surface area contributed by atoms with Gasteiger partial charge in [-0.2, -0.15) is 0 Å². The number of carbonyl (C=O) groups excluding carboxylic acids is 1. The van der Waals surface area contributed by atoms with Crippen LogP contribution in [0.2, 0.25) is 0 Å². The summed E-state index contributed by atoms with van der Waals surface area (Å²) in [5, 5.41) is 2.97. The smallest absolute Gasteiger partial charge is 0.255 e. The molecule has 0 saturated carbocycles. The molecule has 2 aromatic rings. The van der Waals surface area contributed by atoms with Crippen LogP contribution in [0.1, 0.15) is 35.3 Å². The molecule has 1 N–H and O–H groups in total. The first-order valence-electron chi connectivity index (χ1n) is 9.01. The van der Waals surface area contributed by atoms with Gasteiger partial charge in [-0.15, -0.1) is 11.8 Å². The number of hydrogen-bond donors (Lipinski definition) is 1. The van der Waals surface area contributed by atoms with E-state index in [1.165, 1.54) is 0 Å². The van der Waals surface area contributed by atoms with Gasteiger partial charge in [-0.1, -0.05) is 0 Å². The average molecular weight is 388 g/mol. The highest BCUT2D eigenvalue weighted by Gasteiger charge is 2.22. The highest BCUT2D eigenvalue weighted by molar-refractivity contribution is 7.98. The van der Waals surface area contributed by atoms with Crippen molar-refractivity contribution in [2.24, 2.45) is 0 Å². The molecule has 3 rings (SSSR count). The Kier molecular flexibility index (Phi) is 6.16. The van der Waals surface area contributed by atoms with E-state index in [1.807, 2.05) is 44.4 Å². The highest BCUT2D eigenvalue weighted by atomic mass is 32.2. The van der Waals surface area contributed by atoms with Gasteiger partial charge in [-0.25, -0.2) is 0 Å². The van der Waals surface area contributed by atoms with Gasteiger partial charge in [-0.05, 0) is 50.4 Å². The number of fused-ring (bicyclic) bond motifs is 1. The van der Waals surface area contributed by atoms with Crippen LogP contribution in [-0.2, 0) is 13.0 Å². The number of hydrogen-bond acceptors (Lipinski definition) is 5. The molecule has 0 fully saturated rings. The maximum atomic E-state index is 12.7. The number of ether oxygens (including phenoxy) is 3. The summed E-state index contributed by atoms with van der Waals surface area (Å²) in [5.41, 5.74) is 2.56. The van der Waals surface area contributed by atoms with Gasteiger partial charge in [0.05, 0.1) is 19.3 Å². The molecule has 1 amide bonds. The van der Waals surface area contributed by atoms with Crippen LogP contribution in [-0.4, -0.2) is 32.0 Å². The summed E-state index contributed by atoms with van der Waals surface area (Å²) in [6.45, 7) is 4.92. The Hall–Kier alpha value is -2.34. The Morgan fingerprint density at radius 2 is 2.11 bits per heavy atom. The number of carbonyl (C=O) groups is 1. The molecule has 0 bridgehead atoms. The normalized spacial score (nSPS) is 15.0. The molecule has 0 aliphatic carbocycles. The third kappa shape index (κ3) is 4.33. The van der Waals surface area contributed by atoms with Crippen LogP contribution in [0.15, 0.2) is 35.2 Å². The van der Waals surface area contributed by atoms with Crippen molar-refractivity contribution >= 4 is 17.7 Å². The van der Waals surface area contributed by atoms with Crippen molar-refractivity contribution in [2.75, 3.05) is 20.0 Å². The minimum atomic E-state index is -0.184. The van der Waals surface area contributed by atoms with Crippen molar-refractivity contribution < 1.29 is 19.0 Å². The van der Waals surface area contributed by atoms with Gasteiger partial charge in [-0.3, -0.25) is 4.79 Å². The molecular weight excluding hydrogens is 362 g/mol. The van der Waals surface area contributed by atoms with Crippen LogP contribution in [0.5, 0.6) is 17.2 Å². The molecule has 0 radical (unpaired) electrons. The zero-order valence-electron chi connectivity index (χ0n) is 16.1. The molecule has 2 aromatic carbocycles. The second-order valence-corrected chi connectivity index (χ2v) is 7.26. The van der Waals surface area contributed by atoms with E-state index in [0.29, 0.717) is 24.5 Å². The topological polar surface area (TPSA) is 56.8 Å². The fraction of sp³-hybridized carbons (Fsp3) is 0.381. The molecule has 0 spiro atoms. The standard InChI is InChI=1S/C21H25NO4S/c1-5-25-18-9-14-8-13(2)26-19(14)10-15(18)12-22-21(23)17-7-6-16(27-4)11-20(17)24-3/h6-7,9-11,13H,5,8,12H2,1-4H3,(H,22,23)/t13-/m0/s1. The molecule has 1 heterocycles. The Morgan fingerprint density at radius 3 is 2.81 bits per heavy atom. The van der Waals surface area contributed by atoms with Gasteiger partial charge in [0, 0.05) is 29.0 Å². The quantitative estimate of drug-likeness (QED) is 0.726. The largest absolute Gasteiger partial charge is 0.496 e. The molecule has 0 unspecified atom stereocenters. The number of amides is 1. The van der Waals surface area contributed by atoms with E-state index >= 15 is 0 Å². The SMILES string of the molecule is CCOc1cc2c(cc1CNC(=O)c1ccc(SC)cc1OC)O[C@@H](C)C2. The lowest BCUT2D eigenvalue weighted by molar-refractivity contribution is 0.0947. The lowest BCUT2D eigenvalue weighted by atomic mass is 10.1. The van der Waals surface area contributed by atoms with Crippen molar-refractivity contribution in [1.29, 1.82) is 0 Å². The number of benzene rings is 2. The fourth-order valence-electron chi connectivity index (χ4n) is 3.17. The molecule has 1 aliphatic heterocycles. The van der Waals surface area contributed by atoms with Crippen molar-refractivity contribution in [1.82, 2.24) is 5.32 Å². The summed E-state index contributed by atoms with van der Waals surface area (Å²) in [6, 6.07) is 9.57. The Bertz CT molecular complexity index is 837. The molecule has 144 valence electrons. The summed E-state index contributed by atoms with van der Waals surface area (Å²) in [7, 11) is 1.57. The lowest BCUT2D eigenvalue weighted by Gasteiger charge is -2.14. The Morgan fingerprint density at radius 1 is 1.30 bits per heavy atom. The van der Waals surface area contributed by atoms with Gasteiger partial charge in [0.2, 0.25) is 0 Å². The first-order valence-corrected chi connectivity index (χ1v) is 10.2. The fourth-order valence-corrected chi connectivity index (χ4v) is 3.60. The minimum Gasteiger partial charge on any atom is -0.496 e. The molecule has 1 atom stereocenters. The van der Waals surface area contributed by atoms with E-state index in [2.05, 4.69) is 5.32 Å². The predicted octanol–water partition coefficient (Wildman–Crippen LogP) is 4.07. The van der Waals surface area contributed by atoms with Gasteiger partial charge in [0.15, 0.2) is 0 Å². The van der Waals surface area contributed by atoms with Crippen molar-refractivity contribution in [3.05, 3.63) is 47.0 Å². The van der Waals surface area contributed by atoms with E-state index in [0.717, 1.165) is 33.9 Å². The summed E-state index contributed by atoms with van der Waals surface area (Å²) in [4.78, 5) is 13.7. The van der Waals surface area contributed by atoms with Gasteiger partial charge >= 0.3 is 0 Å². The number of methoxy groups -OCH3 is 1. The van der Waals surface area contributed by atoms with E-state index in [9.17, 15) is 4.79 Å². The van der Waals surface area contributed by atoms with E-state index < -0.39 is 0 Å². The van der Waals surface area contributed by atoms with Crippen LogP contribution in [0.25, 0.3) is 0 Å². The van der Waals surface area contributed by atoms with Crippen LogP contribution in [0.4, 0.5) is 0 Å². The molecule has 1 aliphatic rings. The van der Waals surface area contributed by atoms with Crippen LogP contribution in [0, 0.1) is 0 Å². The lowest BCUT2D eigenvalue weighted by Crippen LogP contribution is -2.23. The molecule has 0 aromatic heterocycles. The second-order valence-electron chi connectivity index (χ2n) is 6.38. The van der Waals surface area contributed by atoms with Crippen molar-refractivity contribution in [3.63, 3.8) is 0 Å². The predicted molar refractivity (Wildman–Crippen MR) is 107 cm³/mol. The average Bonchev–Trinajstić information content (AvgIpc) is 3.04. The number of rotatable bonds is 7. The van der Waals surface area contributed by atoms with Crippen LogP contribution < -0.4 is 19.5 Å². The van der Waals surface area contributed by atoms with E-state index in [4.69, 9.17) is 14.2 Å². The van der Waals surface area contributed by atoms with Crippen LogP contribution in [0.3, 0.4) is 0 Å². The summed E-state index contributed by atoms with van der Waals surface area (Å²) < 4.78 is 17.0.